The van der Waals surface area contributed by atoms with Gasteiger partial charge in [-0.15, -0.1) is 0 Å². The van der Waals surface area contributed by atoms with Gasteiger partial charge in [0.05, 0.1) is 5.75 Å². The lowest BCUT2D eigenvalue weighted by Gasteiger charge is -2.04. The van der Waals surface area contributed by atoms with Crippen molar-refractivity contribution >= 4 is 21.7 Å². The summed E-state index contributed by atoms with van der Waals surface area (Å²) in [6, 6.07) is 6.06. The number of hydrogen-bond acceptors (Lipinski definition) is 4. The SMILES string of the molecule is CS(=O)(=O)Cc1cccc(C(=O)NCC(=O)O)c1. The summed E-state index contributed by atoms with van der Waals surface area (Å²) in [4.78, 5) is 21.8. The topological polar surface area (TPSA) is 101 Å². The molecule has 0 atom stereocenters. The Morgan fingerprint density at radius 2 is 2.00 bits per heavy atom. The average Bonchev–Trinajstić information content (AvgIpc) is 2.23. The van der Waals surface area contributed by atoms with Gasteiger partial charge in [0.2, 0.25) is 0 Å². The second-order valence-corrected chi connectivity index (χ2v) is 5.99. The van der Waals surface area contributed by atoms with Crippen LogP contribution in [-0.4, -0.2) is 38.2 Å². The van der Waals surface area contributed by atoms with Gasteiger partial charge in [-0.25, -0.2) is 8.42 Å². The summed E-state index contributed by atoms with van der Waals surface area (Å²) in [5, 5.41) is 10.6. The molecule has 0 aliphatic rings. The number of aliphatic carboxylic acids is 1. The second kappa shape index (κ2) is 5.63. The third kappa shape index (κ3) is 4.96. The van der Waals surface area contributed by atoms with Gasteiger partial charge in [0, 0.05) is 11.8 Å². The first-order valence-electron chi connectivity index (χ1n) is 5.04. The van der Waals surface area contributed by atoms with Crippen LogP contribution in [0.4, 0.5) is 0 Å². The minimum absolute atomic E-state index is 0.160. The number of benzene rings is 1. The van der Waals surface area contributed by atoms with Crippen LogP contribution in [0.5, 0.6) is 0 Å². The van der Waals surface area contributed by atoms with Gasteiger partial charge in [-0.3, -0.25) is 9.59 Å². The largest absolute Gasteiger partial charge is 0.480 e. The van der Waals surface area contributed by atoms with Crippen molar-refractivity contribution < 1.29 is 23.1 Å². The number of carbonyl (C=O) groups excluding carboxylic acids is 1. The molecular formula is C11H13NO5S. The number of rotatable bonds is 5. The molecule has 0 unspecified atom stereocenters. The quantitative estimate of drug-likeness (QED) is 0.787. The number of carboxylic acid groups (broad SMARTS) is 1. The Morgan fingerprint density at radius 1 is 1.33 bits per heavy atom. The Kier molecular flexibility index (Phi) is 4.43. The first kappa shape index (κ1) is 14.2. The highest BCUT2D eigenvalue weighted by molar-refractivity contribution is 7.89. The first-order valence-corrected chi connectivity index (χ1v) is 7.10. The van der Waals surface area contributed by atoms with E-state index in [9.17, 15) is 18.0 Å². The maximum absolute atomic E-state index is 11.5. The standard InChI is InChI=1S/C11H13NO5S/c1-18(16,17)7-8-3-2-4-9(5-8)11(15)12-6-10(13)14/h2-5H,6-7H2,1H3,(H,12,15)(H,13,14). The molecule has 0 aliphatic heterocycles. The van der Waals surface area contributed by atoms with Gasteiger partial charge < -0.3 is 10.4 Å². The van der Waals surface area contributed by atoms with Gasteiger partial charge in [0.1, 0.15) is 6.54 Å². The van der Waals surface area contributed by atoms with Crippen molar-refractivity contribution in [2.45, 2.75) is 5.75 Å². The Balaban J connectivity index is 2.82. The van der Waals surface area contributed by atoms with E-state index < -0.39 is 28.3 Å². The molecule has 0 heterocycles. The predicted molar refractivity (Wildman–Crippen MR) is 65.0 cm³/mol. The van der Waals surface area contributed by atoms with Crippen LogP contribution in [0.1, 0.15) is 15.9 Å². The van der Waals surface area contributed by atoms with Crippen molar-refractivity contribution in [1.82, 2.24) is 5.32 Å². The minimum atomic E-state index is -3.17. The summed E-state index contributed by atoms with van der Waals surface area (Å²) >= 11 is 0. The Labute approximate surface area is 105 Å². The van der Waals surface area contributed by atoms with E-state index in [4.69, 9.17) is 5.11 Å². The van der Waals surface area contributed by atoms with E-state index >= 15 is 0 Å². The van der Waals surface area contributed by atoms with Crippen molar-refractivity contribution in [3.8, 4) is 0 Å². The third-order valence-corrected chi connectivity index (χ3v) is 2.88. The van der Waals surface area contributed by atoms with Crippen molar-refractivity contribution in [3.63, 3.8) is 0 Å². The fraction of sp³-hybridized carbons (Fsp3) is 0.273. The molecule has 0 saturated carbocycles. The highest BCUT2D eigenvalue weighted by atomic mass is 32.2. The van der Waals surface area contributed by atoms with Crippen LogP contribution in [-0.2, 0) is 20.4 Å². The second-order valence-electron chi connectivity index (χ2n) is 3.85. The van der Waals surface area contributed by atoms with Crippen molar-refractivity contribution in [1.29, 1.82) is 0 Å². The van der Waals surface area contributed by atoms with Gasteiger partial charge >= 0.3 is 5.97 Å². The average molecular weight is 271 g/mol. The lowest BCUT2D eigenvalue weighted by molar-refractivity contribution is -0.135. The van der Waals surface area contributed by atoms with Gasteiger partial charge in [0.25, 0.3) is 5.91 Å². The summed E-state index contributed by atoms with van der Waals surface area (Å²) in [6.07, 6.45) is 1.10. The zero-order valence-electron chi connectivity index (χ0n) is 9.71. The summed E-state index contributed by atoms with van der Waals surface area (Å²) in [5.41, 5.74) is 0.720. The molecule has 0 radical (unpaired) electrons. The molecule has 2 N–H and O–H groups in total. The summed E-state index contributed by atoms with van der Waals surface area (Å²) < 4.78 is 22.2. The number of carboxylic acids is 1. The van der Waals surface area contributed by atoms with Crippen LogP contribution in [0, 0.1) is 0 Å². The van der Waals surface area contributed by atoms with E-state index in [0.29, 0.717) is 5.56 Å². The van der Waals surface area contributed by atoms with Crippen LogP contribution in [0.15, 0.2) is 24.3 Å². The van der Waals surface area contributed by atoms with Crippen molar-refractivity contribution in [3.05, 3.63) is 35.4 Å². The smallest absolute Gasteiger partial charge is 0.322 e. The lowest BCUT2D eigenvalue weighted by atomic mass is 10.1. The number of sulfone groups is 1. The van der Waals surface area contributed by atoms with E-state index in [1.54, 1.807) is 12.1 Å². The summed E-state index contributed by atoms with van der Waals surface area (Å²) in [5.74, 6) is -1.85. The molecule has 1 aromatic carbocycles. The van der Waals surface area contributed by atoms with E-state index in [0.717, 1.165) is 6.26 Å². The molecule has 98 valence electrons. The molecule has 0 aromatic heterocycles. The number of amides is 1. The molecular weight excluding hydrogens is 258 g/mol. The Bertz CT molecular complexity index is 565. The lowest BCUT2D eigenvalue weighted by Crippen LogP contribution is -2.29. The van der Waals surface area contributed by atoms with Crippen LogP contribution in [0.25, 0.3) is 0 Å². The van der Waals surface area contributed by atoms with E-state index in [1.807, 2.05) is 0 Å². The minimum Gasteiger partial charge on any atom is -0.480 e. The summed E-state index contributed by atoms with van der Waals surface area (Å²) in [7, 11) is -3.17. The molecule has 0 bridgehead atoms. The van der Waals surface area contributed by atoms with Crippen LogP contribution >= 0.6 is 0 Å². The molecule has 1 amide bonds. The fourth-order valence-electron chi connectivity index (χ4n) is 1.36. The molecule has 18 heavy (non-hydrogen) atoms. The number of nitrogens with one attached hydrogen (secondary N) is 1. The number of hydrogen-bond donors (Lipinski definition) is 2. The van der Waals surface area contributed by atoms with E-state index in [1.165, 1.54) is 12.1 Å². The zero-order chi connectivity index (χ0) is 13.8. The van der Waals surface area contributed by atoms with Crippen LogP contribution in [0.2, 0.25) is 0 Å². The van der Waals surface area contributed by atoms with Crippen molar-refractivity contribution in [2.24, 2.45) is 0 Å². The molecule has 0 spiro atoms. The molecule has 7 heteroatoms. The predicted octanol–water partition coefficient (Wildman–Crippen LogP) is 0.0456. The molecule has 0 aliphatic carbocycles. The highest BCUT2D eigenvalue weighted by Crippen LogP contribution is 2.08. The molecule has 0 saturated heterocycles. The Morgan fingerprint density at radius 3 is 2.56 bits per heavy atom. The first-order chi connectivity index (χ1) is 8.28. The number of carbonyl (C=O) groups is 2. The summed E-state index contributed by atoms with van der Waals surface area (Å²) in [6.45, 7) is -0.477. The highest BCUT2D eigenvalue weighted by Gasteiger charge is 2.10. The van der Waals surface area contributed by atoms with E-state index in [2.05, 4.69) is 5.32 Å². The van der Waals surface area contributed by atoms with Gasteiger partial charge in [-0.2, -0.15) is 0 Å². The van der Waals surface area contributed by atoms with Gasteiger partial charge in [-0.05, 0) is 17.7 Å². The van der Waals surface area contributed by atoms with Crippen LogP contribution < -0.4 is 5.32 Å². The van der Waals surface area contributed by atoms with E-state index in [-0.39, 0.29) is 11.3 Å². The molecule has 1 rings (SSSR count). The molecule has 6 nitrogen and oxygen atoms in total. The fourth-order valence-corrected chi connectivity index (χ4v) is 2.15. The monoisotopic (exact) mass is 271 g/mol. The zero-order valence-corrected chi connectivity index (χ0v) is 10.5. The maximum Gasteiger partial charge on any atom is 0.322 e. The Hall–Kier alpha value is -1.89. The third-order valence-electron chi connectivity index (χ3n) is 2.02. The normalized spacial score (nSPS) is 10.9. The molecule has 0 fully saturated rings. The van der Waals surface area contributed by atoms with Crippen molar-refractivity contribution in [2.75, 3.05) is 12.8 Å². The van der Waals surface area contributed by atoms with Crippen LogP contribution in [0.3, 0.4) is 0 Å². The van der Waals surface area contributed by atoms with Gasteiger partial charge in [-0.1, -0.05) is 12.1 Å². The maximum atomic E-state index is 11.5. The van der Waals surface area contributed by atoms with Gasteiger partial charge in [0.15, 0.2) is 9.84 Å². The molecule has 1 aromatic rings.